The first kappa shape index (κ1) is 18.5. The number of aliphatic imine (C=N–C) groups is 1. The van der Waals surface area contributed by atoms with E-state index in [1.165, 1.54) is 9.75 Å². The maximum Gasteiger partial charge on any atom is 0.328 e. The van der Waals surface area contributed by atoms with Crippen molar-refractivity contribution < 1.29 is 9.53 Å². The molecule has 5 nitrogen and oxygen atoms in total. The molecule has 0 aliphatic rings. The van der Waals surface area contributed by atoms with Crippen LogP contribution in [0.1, 0.15) is 44.4 Å². The van der Waals surface area contributed by atoms with E-state index in [9.17, 15) is 4.79 Å². The fraction of sp³-hybridized carbons (Fsp3) is 0.625. The molecule has 1 heterocycles. The Morgan fingerprint density at radius 3 is 2.45 bits per heavy atom. The van der Waals surface area contributed by atoms with Crippen molar-refractivity contribution in [1.82, 2.24) is 10.6 Å². The highest BCUT2D eigenvalue weighted by Gasteiger charge is 2.15. The number of ether oxygens (including phenoxy) is 1. The van der Waals surface area contributed by atoms with E-state index >= 15 is 0 Å². The van der Waals surface area contributed by atoms with E-state index in [2.05, 4.69) is 34.7 Å². The topological polar surface area (TPSA) is 62.7 Å². The molecule has 0 aliphatic heterocycles. The van der Waals surface area contributed by atoms with Gasteiger partial charge in [0.15, 0.2) is 5.96 Å². The number of aryl methyl sites for hydroxylation is 1. The summed E-state index contributed by atoms with van der Waals surface area (Å²) in [7, 11) is 0. The van der Waals surface area contributed by atoms with Gasteiger partial charge < -0.3 is 15.4 Å². The fourth-order valence-electron chi connectivity index (χ4n) is 1.74. The number of guanidine groups is 1. The summed E-state index contributed by atoms with van der Waals surface area (Å²) in [4.78, 5) is 18.6. The molecule has 0 unspecified atom stereocenters. The zero-order valence-electron chi connectivity index (χ0n) is 14.2. The summed E-state index contributed by atoms with van der Waals surface area (Å²) in [5.41, 5.74) is -0.480. The van der Waals surface area contributed by atoms with Crippen molar-refractivity contribution in [2.75, 3.05) is 13.1 Å². The fourth-order valence-corrected chi connectivity index (χ4v) is 2.63. The molecule has 1 rings (SSSR count). The summed E-state index contributed by atoms with van der Waals surface area (Å²) in [6.45, 7) is 11.1. The van der Waals surface area contributed by atoms with Crippen LogP contribution < -0.4 is 10.6 Å². The first-order chi connectivity index (χ1) is 10.3. The molecule has 0 aromatic carbocycles. The number of thiophene rings is 1. The van der Waals surface area contributed by atoms with Crippen molar-refractivity contribution in [1.29, 1.82) is 0 Å². The van der Waals surface area contributed by atoms with Gasteiger partial charge in [0.2, 0.25) is 0 Å². The van der Waals surface area contributed by atoms with Gasteiger partial charge in [-0.1, -0.05) is 6.92 Å². The molecular weight excluding hydrogens is 298 g/mol. The zero-order chi connectivity index (χ0) is 16.6. The van der Waals surface area contributed by atoms with Crippen molar-refractivity contribution in [3.8, 4) is 0 Å². The smallest absolute Gasteiger partial charge is 0.328 e. The highest BCUT2D eigenvalue weighted by Crippen LogP contribution is 2.16. The van der Waals surface area contributed by atoms with E-state index in [-0.39, 0.29) is 12.5 Å². The largest absolute Gasteiger partial charge is 0.459 e. The third-order valence-corrected chi connectivity index (χ3v) is 3.86. The van der Waals surface area contributed by atoms with Gasteiger partial charge in [0.25, 0.3) is 0 Å². The van der Waals surface area contributed by atoms with Gasteiger partial charge >= 0.3 is 5.97 Å². The third kappa shape index (κ3) is 7.45. The Balaban J connectivity index is 2.53. The van der Waals surface area contributed by atoms with Crippen LogP contribution in [0.3, 0.4) is 0 Å². The van der Waals surface area contributed by atoms with Crippen LogP contribution in [0.25, 0.3) is 0 Å². The van der Waals surface area contributed by atoms with Gasteiger partial charge in [0, 0.05) is 16.3 Å². The first-order valence-corrected chi connectivity index (χ1v) is 8.47. The molecule has 0 spiro atoms. The Labute approximate surface area is 137 Å². The van der Waals surface area contributed by atoms with Crippen molar-refractivity contribution in [3.05, 3.63) is 21.9 Å². The summed E-state index contributed by atoms with van der Waals surface area (Å²) >= 11 is 1.79. The second-order valence-corrected chi connectivity index (χ2v) is 7.11. The van der Waals surface area contributed by atoms with E-state index in [0.717, 1.165) is 13.0 Å². The number of hydrogen-bond donors (Lipinski definition) is 2. The number of esters is 1. The van der Waals surface area contributed by atoms with E-state index < -0.39 is 5.60 Å². The first-order valence-electron chi connectivity index (χ1n) is 7.65. The molecule has 0 amide bonds. The van der Waals surface area contributed by atoms with Crippen LogP contribution in [0.2, 0.25) is 0 Å². The summed E-state index contributed by atoms with van der Waals surface area (Å²) in [5, 5.41) is 6.36. The van der Waals surface area contributed by atoms with Crippen molar-refractivity contribution in [2.45, 2.75) is 53.2 Å². The molecule has 0 saturated carbocycles. The molecule has 1 aromatic heterocycles. The maximum absolute atomic E-state index is 11.7. The Hall–Kier alpha value is -1.56. The highest BCUT2D eigenvalue weighted by molar-refractivity contribution is 7.11. The molecule has 0 fully saturated rings. The van der Waals surface area contributed by atoms with Crippen LogP contribution in [0.15, 0.2) is 17.1 Å². The molecular formula is C16H27N3O2S. The van der Waals surface area contributed by atoms with Gasteiger partial charge in [0.05, 0.1) is 6.54 Å². The van der Waals surface area contributed by atoms with Crippen LogP contribution in [0.4, 0.5) is 0 Å². The lowest BCUT2D eigenvalue weighted by Gasteiger charge is -2.19. The number of carbonyl (C=O) groups excluding carboxylic acids is 1. The summed E-state index contributed by atoms with van der Waals surface area (Å²) in [6.07, 6.45) is 1.05. The normalized spacial score (nSPS) is 12.1. The minimum atomic E-state index is -0.480. The maximum atomic E-state index is 11.7. The van der Waals surface area contributed by atoms with E-state index in [0.29, 0.717) is 12.5 Å². The molecule has 22 heavy (non-hydrogen) atoms. The highest BCUT2D eigenvalue weighted by atomic mass is 32.1. The average Bonchev–Trinajstić information content (AvgIpc) is 2.88. The van der Waals surface area contributed by atoms with Gasteiger partial charge in [-0.2, -0.15) is 0 Å². The molecule has 0 radical (unpaired) electrons. The van der Waals surface area contributed by atoms with Gasteiger partial charge in [0.1, 0.15) is 12.1 Å². The molecule has 0 bridgehead atoms. The summed E-state index contributed by atoms with van der Waals surface area (Å²) < 4.78 is 5.25. The SMILES string of the molecule is CCNC(=NCC(=O)OC(C)(C)C)NCc1ccc(CC)s1. The van der Waals surface area contributed by atoms with Crippen LogP contribution in [-0.4, -0.2) is 30.6 Å². The quantitative estimate of drug-likeness (QED) is 0.479. The van der Waals surface area contributed by atoms with Crippen LogP contribution >= 0.6 is 11.3 Å². The zero-order valence-corrected chi connectivity index (χ0v) is 15.0. The number of nitrogens with zero attached hydrogens (tertiary/aromatic N) is 1. The second-order valence-electron chi connectivity index (χ2n) is 5.86. The predicted octanol–water partition coefficient (Wildman–Crippen LogP) is 2.71. The Kier molecular flexibility index (Phi) is 7.38. The van der Waals surface area contributed by atoms with Crippen molar-refractivity contribution in [3.63, 3.8) is 0 Å². The van der Waals surface area contributed by atoms with Gasteiger partial charge in [-0.3, -0.25) is 4.79 Å². The molecule has 0 aliphatic carbocycles. The van der Waals surface area contributed by atoms with Crippen LogP contribution in [0.5, 0.6) is 0 Å². The molecule has 124 valence electrons. The Bertz CT molecular complexity index is 504. The third-order valence-electron chi connectivity index (χ3n) is 2.63. The van der Waals surface area contributed by atoms with E-state index in [1.807, 2.05) is 27.7 Å². The van der Waals surface area contributed by atoms with Crippen LogP contribution in [0, 0.1) is 0 Å². The van der Waals surface area contributed by atoms with Gasteiger partial charge in [-0.25, -0.2) is 4.99 Å². The monoisotopic (exact) mass is 325 g/mol. The number of rotatable bonds is 6. The Morgan fingerprint density at radius 2 is 1.91 bits per heavy atom. The molecule has 0 atom stereocenters. The number of carbonyl (C=O) groups is 1. The van der Waals surface area contributed by atoms with Crippen LogP contribution in [-0.2, 0) is 22.5 Å². The van der Waals surface area contributed by atoms with Gasteiger partial charge in [-0.05, 0) is 46.2 Å². The van der Waals surface area contributed by atoms with Crippen molar-refractivity contribution >= 4 is 23.3 Å². The lowest BCUT2D eigenvalue weighted by molar-refractivity contribution is -0.152. The lowest BCUT2D eigenvalue weighted by atomic mass is 10.2. The summed E-state index contributed by atoms with van der Waals surface area (Å²) in [6, 6.07) is 4.26. The molecule has 6 heteroatoms. The van der Waals surface area contributed by atoms with E-state index in [4.69, 9.17) is 4.74 Å². The van der Waals surface area contributed by atoms with Gasteiger partial charge in [-0.15, -0.1) is 11.3 Å². The Morgan fingerprint density at radius 1 is 1.23 bits per heavy atom. The predicted molar refractivity (Wildman–Crippen MR) is 92.4 cm³/mol. The lowest BCUT2D eigenvalue weighted by Crippen LogP contribution is -2.37. The van der Waals surface area contributed by atoms with Crippen molar-refractivity contribution in [2.24, 2.45) is 4.99 Å². The molecule has 0 saturated heterocycles. The minimum Gasteiger partial charge on any atom is -0.459 e. The summed E-state index contributed by atoms with van der Waals surface area (Å²) in [5.74, 6) is 0.300. The average molecular weight is 325 g/mol. The standard InChI is InChI=1S/C16H27N3O2S/c1-6-12-8-9-13(22-12)10-18-15(17-7-2)19-11-14(20)21-16(3,4)5/h8-9H,6-7,10-11H2,1-5H3,(H2,17,18,19). The number of hydrogen-bond acceptors (Lipinski definition) is 4. The number of nitrogens with one attached hydrogen (secondary N) is 2. The van der Waals surface area contributed by atoms with E-state index in [1.54, 1.807) is 11.3 Å². The second kappa shape index (κ2) is 8.78. The molecule has 2 N–H and O–H groups in total. The molecule has 1 aromatic rings. The minimum absolute atomic E-state index is 0.0112.